The van der Waals surface area contributed by atoms with Crippen LogP contribution in [0.3, 0.4) is 0 Å². The van der Waals surface area contributed by atoms with Crippen LogP contribution in [0.1, 0.15) is 6.92 Å². The lowest BCUT2D eigenvalue weighted by molar-refractivity contribution is 0.0410. The van der Waals surface area contributed by atoms with Gasteiger partial charge in [0.25, 0.3) is 0 Å². The first-order valence-corrected chi connectivity index (χ1v) is 5.26. The maximum absolute atomic E-state index is 5.19. The molecule has 0 heterocycles. The molecule has 0 saturated carbocycles. The van der Waals surface area contributed by atoms with Crippen LogP contribution in [0.2, 0.25) is 6.55 Å². The van der Waals surface area contributed by atoms with E-state index in [1.807, 2.05) is 13.5 Å². The molecule has 0 bridgehead atoms. The van der Waals surface area contributed by atoms with Gasteiger partial charge in [-0.25, -0.2) is 0 Å². The third-order valence-corrected chi connectivity index (χ3v) is 1.54. The molecule has 3 nitrogen and oxygen atoms in total. The van der Waals surface area contributed by atoms with Crippen molar-refractivity contribution < 1.29 is 13.9 Å². The van der Waals surface area contributed by atoms with Gasteiger partial charge in [-0.3, -0.25) is 0 Å². The predicted molar refractivity (Wildman–Crippen MR) is 44.9 cm³/mol. The summed E-state index contributed by atoms with van der Waals surface area (Å²) in [6.45, 7) is 7.46. The van der Waals surface area contributed by atoms with Gasteiger partial charge >= 0.3 is 0 Å². The minimum atomic E-state index is 0.559. The number of hydrogen-bond donors (Lipinski definition) is 0. The molecule has 0 rings (SSSR count). The van der Waals surface area contributed by atoms with Gasteiger partial charge in [-0.2, -0.15) is 0 Å². The monoisotopic (exact) mass is 176 g/mol. The highest BCUT2D eigenvalue weighted by Gasteiger charge is 1.87. The standard InChI is InChI=1S/C7H16O3Si/c1-3-8-4-5-9-6-7-10-11-2/h3-7H2,1-2H3. The molecule has 0 fully saturated rings. The smallest absolute Gasteiger partial charge is 0.226 e. The molecule has 0 aromatic rings. The summed E-state index contributed by atoms with van der Waals surface area (Å²) < 4.78 is 15.4. The van der Waals surface area contributed by atoms with Crippen molar-refractivity contribution >= 4 is 9.76 Å². The first-order chi connectivity index (χ1) is 5.41. The van der Waals surface area contributed by atoms with Crippen LogP contribution in [0.4, 0.5) is 0 Å². The average molecular weight is 176 g/mol. The quantitative estimate of drug-likeness (QED) is 0.403. The summed E-state index contributed by atoms with van der Waals surface area (Å²) in [7, 11) is 0.559. The second-order valence-corrected chi connectivity index (χ2v) is 2.56. The van der Waals surface area contributed by atoms with E-state index in [-0.39, 0.29) is 0 Å². The minimum Gasteiger partial charge on any atom is -0.415 e. The van der Waals surface area contributed by atoms with Crippen molar-refractivity contribution in [1.82, 2.24) is 0 Å². The molecule has 0 aliphatic carbocycles. The minimum absolute atomic E-state index is 0.559. The molecule has 2 radical (unpaired) electrons. The molecule has 0 atom stereocenters. The zero-order valence-corrected chi connectivity index (χ0v) is 8.26. The van der Waals surface area contributed by atoms with E-state index in [9.17, 15) is 0 Å². The summed E-state index contributed by atoms with van der Waals surface area (Å²) in [5.74, 6) is 0. The Balaban J connectivity index is 2.69. The van der Waals surface area contributed by atoms with Crippen LogP contribution >= 0.6 is 0 Å². The highest BCUT2D eigenvalue weighted by Crippen LogP contribution is 1.79. The first kappa shape index (κ1) is 11.1. The molecular weight excluding hydrogens is 160 g/mol. The summed E-state index contributed by atoms with van der Waals surface area (Å²) in [6, 6.07) is 0. The van der Waals surface area contributed by atoms with Crippen LogP contribution < -0.4 is 0 Å². The van der Waals surface area contributed by atoms with Crippen molar-refractivity contribution in [2.24, 2.45) is 0 Å². The van der Waals surface area contributed by atoms with E-state index >= 15 is 0 Å². The van der Waals surface area contributed by atoms with E-state index in [4.69, 9.17) is 13.9 Å². The molecular formula is C7H16O3Si. The van der Waals surface area contributed by atoms with Crippen LogP contribution in [0.5, 0.6) is 0 Å². The molecule has 0 unspecified atom stereocenters. The maximum Gasteiger partial charge on any atom is 0.226 e. The Kier molecular flexibility index (Phi) is 10.2. The molecule has 0 spiro atoms. The summed E-state index contributed by atoms with van der Waals surface area (Å²) in [4.78, 5) is 0. The first-order valence-electron chi connectivity index (χ1n) is 3.85. The summed E-state index contributed by atoms with van der Waals surface area (Å²) >= 11 is 0. The van der Waals surface area contributed by atoms with Crippen molar-refractivity contribution in [2.45, 2.75) is 13.5 Å². The summed E-state index contributed by atoms with van der Waals surface area (Å²) in [5.41, 5.74) is 0. The van der Waals surface area contributed by atoms with Gasteiger partial charge in [0.15, 0.2) is 0 Å². The second-order valence-electron chi connectivity index (χ2n) is 1.86. The van der Waals surface area contributed by atoms with Gasteiger partial charge in [-0.15, -0.1) is 0 Å². The SMILES string of the molecule is CCOCCOCCO[Si]C. The second kappa shape index (κ2) is 10.1. The van der Waals surface area contributed by atoms with E-state index in [1.54, 1.807) is 0 Å². The van der Waals surface area contributed by atoms with Crippen LogP contribution in [-0.2, 0) is 13.9 Å². The lowest BCUT2D eigenvalue weighted by Crippen LogP contribution is -2.09. The molecule has 66 valence electrons. The third-order valence-electron chi connectivity index (χ3n) is 1.05. The van der Waals surface area contributed by atoms with Crippen LogP contribution in [0, 0.1) is 0 Å². The van der Waals surface area contributed by atoms with Gasteiger partial charge in [0.05, 0.1) is 26.4 Å². The van der Waals surface area contributed by atoms with E-state index in [0.717, 1.165) is 6.61 Å². The van der Waals surface area contributed by atoms with E-state index in [0.29, 0.717) is 36.2 Å². The van der Waals surface area contributed by atoms with E-state index < -0.39 is 0 Å². The Morgan fingerprint density at radius 2 is 1.64 bits per heavy atom. The molecule has 0 aromatic carbocycles. The highest BCUT2D eigenvalue weighted by atomic mass is 28.2. The zero-order chi connectivity index (χ0) is 8.36. The Morgan fingerprint density at radius 3 is 2.27 bits per heavy atom. The van der Waals surface area contributed by atoms with Crippen LogP contribution in [-0.4, -0.2) is 42.8 Å². The van der Waals surface area contributed by atoms with Gasteiger partial charge in [0, 0.05) is 6.61 Å². The fourth-order valence-electron chi connectivity index (χ4n) is 0.567. The van der Waals surface area contributed by atoms with Gasteiger partial charge < -0.3 is 13.9 Å². The summed E-state index contributed by atoms with van der Waals surface area (Å²) in [6.07, 6.45) is 0. The Bertz CT molecular complexity index is 62.7. The van der Waals surface area contributed by atoms with Gasteiger partial charge in [0.1, 0.15) is 0 Å². The predicted octanol–water partition coefficient (Wildman–Crippen LogP) is 0.723. The lowest BCUT2D eigenvalue weighted by atomic mass is 10.7. The largest absolute Gasteiger partial charge is 0.415 e. The fourth-order valence-corrected chi connectivity index (χ4v) is 0.854. The maximum atomic E-state index is 5.19. The molecule has 4 heteroatoms. The van der Waals surface area contributed by atoms with Crippen molar-refractivity contribution in [2.75, 3.05) is 33.0 Å². The van der Waals surface area contributed by atoms with Crippen LogP contribution in [0.15, 0.2) is 0 Å². The van der Waals surface area contributed by atoms with Crippen molar-refractivity contribution in [3.05, 3.63) is 0 Å². The van der Waals surface area contributed by atoms with E-state index in [1.165, 1.54) is 0 Å². The number of hydrogen-bond acceptors (Lipinski definition) is 3. The van der Waals surface area contributed by atoms with Gasteiger partial charge in [-0.1, -0.05) is 0 Å². The number of ether oxygens (including phenoxy) is 2. The van der Waals surface area contributed by atoms with Crippen molar-refractivity contribution in [1.29, 1.82) is 0 Å². The molecule has 11 heavy (non-hydrogen) atoms. The molecule has 0 aromatic heterocycles. The average Bonchev–Trinajstić information content (AvgIpc) is 2.03. The third kappa shape index (κ3) is 10.1. The Labute approximate surface area is 71.0 Å². The highest BCUT2D eigenvalue weighted by molar-refractivity contribution is 6.24. The number of rotatable bonds is 8. The molecule has 0 aliphatic rings. The molecule has 0 amide bonds. The topological polar surface area (TPSA) is 27.7 Å². The lowest BCUT2D eigenvalue weighted by Gasteiger charge is -2.03. The molecule has 0 N–H and O–H groups in total. The summed E-state index contributed by atoms with van der Waals surface area (Å²) in [5, 5.41) is 0. The Hall–Kier alpha value is 0.0969. The molecule has 0 saturated heterocycles. The van der Waals surface area contributed by atoms with Crippen molar-refractivity contribution in [3.63, 3.8) is 0 Å². The Morgan fingerprint density at radius 1 is 1.00 bits per heavy atom. The molecule has 0 aliphatic heterocycles. The van der Waals surface area contributed by atoms with Gasteiger partial charge in [-0.05, 0) is 13.5 Å². The van der Waals surface area contributed by atoms with Crippen molar-refractivity contribution in [3.8, 4) is 0 Å². The van der Waals surface area contributed by atoms with E-state index in [2.05, 4.69) is 0 Å². The normalized spacial score (nSPS) is 10.4. The fraction of sp³-hybridized carbons (Fsp3) is 1.00. The van der Waals surface area contributed by atoms with Gasteiger partial charge in [0.2, 0.25) is 9.76 Å². The van der Waals surface area contributed by atoms with Crippen LogP contribution in [0.25, 0.3) is 0 Å². The zero-order valence-electron chi connectivity index (χ0n) is 7.26.